The molecular weight excluding hydrogens is 464 g/mol. The summed E-state index contributed by atoms with van der Waals surface area (Å²) in [4.78, 5) is 40.6. The number of esters is 1. The molecule has 0 saturated carbocycles. The van der Waals surface area contributed by atoms with Crippen molar-refractivity contribution in [2.45, 2.75) is 51.2 Å². The third kappa shape index (κ3) is 5.88. The number of carbonyl (C=O) groups excluding carboxylic acids is 3. The van der Waals surface area contributed by atoms with Crippen LogP contribution >= 0.6 is 0 Å². The van der Waals surface area contributed by atoms with E-state index in [1.807, 2.05) is 48.5 Å². The number of benzene rings is 2. The number of alkyl carbamates (subject to hydrolysis) is 1. The smallest absolute Gasteiger partial charge is 0.407 e. The van der Waals surface area contributed by atoms with Gasteiger partial charge in [-0.15, -0.1) is 0 Å². The molecule has 2 amide bonds. The molecule has 1 aliphatic rings. The zero-order chi connectivity index (χ0) is 25.9. The van der Waals surface area contributed by atoms with E-state index in [1.54, 1.807) is 20.8 Å². The second-order valence-corrected chi connectivity index (χ2v) is 9.50. The average Bonchev–Trinajstić information content (AvgIpc) is 3.38. The number of nitrogens with zero attached hydrogens (tertiary/aromatic N) is 2. The minimum atomic E-state index is -1.02. The fraction of sp³-hybridized carbons (Fsp3) is 0.346. The Morgan fingerprint density at radius 1 is 1.06 bits per heavy atom. The summed E-state index contributed by atoms with van der Waals surface area (Å²) in [5.41, 5.74) is 8.82. The lowest BCUT2D eigenvalue weighted by Gasteiger charge is -2.21. The Morgan fingerprint density at radius 2 is 1.67 bits per heavy atom. The molecule has 1 atom stereocenters. The molecule has 0 spiro atoms. The van der Waals surface area contributed by atoms with E-state index in [4.69, 9.17) is 19.7 Å². The van der Waals surface area contributed by atoms with Crippen LogP contribution in [0.2, 0.25) is 0 Å². The van der Waals surface area contributed by atoms with Gasteiger partial charge in [-0.2, -0.15) is 4.98 Å². The number of fused-ring (bicyclic) bond motifs is 3. The number of amides is 2. The number of hydrogen-bond acceptors (Lipinski definition) is 8. The molecule has 3 N–H and O–H groups in total. The van der Waals surface area contributed by atoms with Crippen molar-refractivity contribution in [3.05, 3.63) is 71.4 Å². The van der Waals surface area contributed by atoms with Crippen LogP contribution in [-0.4, -0.2) is 40.3 Å². The molecule has 36 heavy (non-hydrogen) atoms. The number of rotatable bonds is 8. The Balaban J connectivity index is 1.47. The molecule has 0 unspecified atom stereocenters. The largest absolute Gasteiger partial charge is 0.460 e. The van der Waals surface area contributed by atoms with Crippen LogP contribution < -0.4 is 11.1 Å². The van der Waals surface area contributed by atoms with Gasteiger partial charge in [0.2, 0.25) is 11.8 Å². The molecule has 1 heterocycles. The van der Waals surface area contributed by atoms with Crippen molar-refractivity contribution in [1.82, 2.24) is 15.5 Å². The minimum Gasteiger partial charge on any atom is -0.460 e. The van der Waals surface area contributed by atoms with Crippen LogP contribution in [0.25, 0.3) is 11.1 Å². The van der Waals surface area contributed by atoms with Gasteiger partial charge in [-0.25, -0.2) is 4.79 Å². The molecule has 4 rings (SSSR count). The van der Waals surface area contributed by atoms with Crippen molar-refractivity contribution < 1.29 is 28.4 Å². The standard InChI is InChI=1S/C26H28N4O6/c1-26(2,3)35-23(32)12-20(24-29-22(30-36-24)13-21(27)31)28-25(33)34-14-19-17-10-6-4-8-15(17)16-9-5-7-11-18(16)19/h4-11,19-20H,12-14H2,1-3H3,(H2,27,31)(H,28,33)/t20-/m0/s1. The summed E-state index contributed by atoms with van der Waals surface area (Å²) in [6, 6.07) is 15.0. The zero-order valence-corrected chi connectivity index (χ0v) is 20.3. The zero-order valence-electron chi connectivity index (χ0n) is 20.3. The lowest BCUT2D eigenvalue weighted by Crippen LogP contribution is -2.34. The average molecular weight is 493 g/mol. The van der Waals surface area contributed by atoms with Gasteiger partial charge < -0.3 is 25.0 Å². The maximum absolute atomic E-state index is 12.8. The Kier molecular flexibility index (Phi) is 7.05. The lowest BCUT2D eigenvalue weighted by molar-refractivity contribution is -0.155. The first-order valence-corrected chi connectivity index (χ1v) is 11.5. The van der Waals surface area contributed by atoms with E-state index >= 15 is 0 Å². The summed E-state index contributed by atoms with van der Waals surface area (Å²) in [7, 11) is 0. The SMILES string of the molecule is CC(C)(C)OC(=O)C[C@H](NC(=O)OCC1c2ccccc2-c2ccccc21)c1nc(CC(N)=O)no1. The highest BCUT2D eigenvalue weighted by molar-refractivity contribution is 5.79. The minimum absolute atomic E-state index is 0.0426. The molecule has 0 fully saturated rings. The number of primary amides is 1. The molecule has 0 radical (unpaired) electrons. The highest BCUT2D eigenvalue weighted by atomic mass is 16.6. The molecule has 1 aromatic heterocycles. The van der Waals surface area contributed by atoms with Gasteiger partial charge in [0.15, 0.2) is 5.82 Å². The van der Waals surface area contributed by atoms with Crippen molar-refractivity contribution in [2.75, 3.05) is 6.61 Å². The van der Waals surface area contributed by atoms with Crippen molar-refractivity contribution in [3.63, 3.8) is 0 Å². The number of carbonyl (C=O) groups is 3. The van der Waals surface area contributed by atoms with E-state index in [-0.39, 0.29) is 37.1 Å². The Hall–Kier alpha value is -4.21. The summed E-state index contributed by atoms with van der Waals surface area (Å²) in [5, 5.41) is 6.31. The van der Waals surface area contributed by atoms with E-state index in [0.717, 1.165) is 22.3 Å². The van der Waals surface area contributed by atoms with Gasteiger partial charge in [-0.05, 0) is 43.0 Å². The van der Waals surface area contributed by atoms with Crippen LogP contribution in [-0.2, 0) is 25.5 Å². The van der Waals surface area contributed by atoms with Crippen LogP contribution in [0, 0.1) is 0 Å². The number of nitrogens with two attached hydrogens (primary N) is 1. The third-order valence-electron chi connectivity index (χ3n) is 5.54. The van der Waals surface area contributed by atoms with Crippen LogP contribution in [0.15, 0.2) is 53.1 Å². The molecule has 10 heteroatoms. The first-order chi connectivity index (χ1) is 17.1. The Morgan fingerprint density at radius 3 is 2.25 bits per heavy atom. The molecular formula is C26H28N4O6. The van der Waals surface area contributed by atoms with Gasteiger partial charge >= 0.3 is 12.1 Å². The van der Waals surface area contributed by atoms with Crippen LogP contribution in [0.4, 0.5) is 4.79 Å². The molecule has 0 saturated heterocycles. The van der Waals surface area contributed by atoms with Gasteiger partial charge in [0.05, 0.1) is 12.8 Å². The van der Waals surface area contributed by atoms with E-state index in [2.05, 4.69) is 15.5 Å². The molecule has 3 aromatic rings. The first kappa shape index (κ1) is 24.9. The number of aromatic nitrogens is 2. The van der Waals surface area contributed by atoms with Crippen LogP contribution in [0.3, 0.4) is 0 Å². The number of hydrogen-bond donors (Lipinski definition) is 2. The van der Waals surface area contributed by atoms with Crippen LogP contribution in [0.1, 0.15) is 62.0 Å². The summed E-state index contributed by atoms with van der Waals surface area (Å²) >= 11 is 0. The van der Waals surface area contributed by atoms with E-state index in [1.165, 1.54) is 0 Å². The molecule has 0 bridgehead atoms. The second-order valence-electron chi connectivity index (χ2n) is 9.50. The predicted molar refractivity (Wildman–Crippen MR) is 129 cm³/mol. The predicted octanol–water partition coefficient (Wildman–Crippen LogP) is 3.41. The topological polar surface area (TPSA) is 147 Å². The van der Waals surface area contributed by atoms with Crippen molar-refractivity contribution in [1.29, 1.82) is 0 Å². The maximum atomic E-state index is 12.8. The monoisotopic (exact) mass is 492 g/mol. The molecule has 2 aromatic carbocycles. The van der Waals surface area contributed by atoms with Gasteiger partial charge in [0.1, 0.15) is 18.2 Å². The van der Waals surface area contributed by atoms with Crippen molar-refractivity contribution in [2.24, 2.45) is 5.73 Å². The van der Waals surface area contributed by atoms with Crippen LogP contribution in [0.5, 0.6) is 0 Å². The summed E-state index contributed by atoms with van der Waals surface area (Å²) in [6.07, 6.45) is -1.28. The van der Waals surface area contributed by atoms with Gasteiger partial charge in [0, 0.05) is 5.92 Å². The number of nitrogens with one attached hydrogen (secondary N) is 1. The molecule has 10 nitrogen and oxygen atoms in total. The number of ether oxygens (including phenoxy) is 2. The van der Waals surface area contributed by atoms with Crippen molar-refractivity contribution in [3.8, 4) is 11.1 Å². The van der Waals surface area contributed by atoms with E-state index in [9.17, 15) is 14.4 Å². The van der Waals surface area contributed by atoms with Crippen molar-refractivity contribution >= 4 is 18.0 Å². The van der Waals surface area contributed by atoms with Gasteiger partial charge in [-0.1, -0.05) is 53.7 Å². The normalized spacial score (nSPS) is 13.4. The maximum Gasteiger partial charge on any atom is 0.407 e. The Bertz CT molecular complexity index is 1230. The quantitative estimate of drug-likeness (QED) is 0.455. The van der Waals surface area contributed by atoms with E-state index in [0.29, 0.717) is 0 Å². The highest BCUT2D eigenvalue weighted by Crippen LogP contribution is 2.44. The van der Waals surface area contributed by atoms with E-state index < -0.39 is 29.6 Å². The lowest BCUT2D eigenvalue weighted by atomic mass is 9.98. The Labute approximate surface area is 208 Å². The van der Waals surface area contributed by atoms with Gasteiger partial charge in [-0.3, -0.25) is 9.59 Å². The fourth-order valence-electron chi connectivity index (χ4n) is 4.17. The summed E-state index contributed by atoms with van der Waals surface area (Å²) < 4.78 is 16.1. The summed E-state index contributed by atoms with van der Waals surface area (Å²) in [6.45, 7) is 5.29. The summed E-state index contributed by atoms with van der Waals surface area (Å²) in [5.74, 6) is -1.37. The first-order valence-electron chi connectivity index (χ1n) is 11.5. The molecule has 1 aliphatic carbocycles. The molecule has 0 aliphatic heterocycles. The third-order valence-corrected chi connectivity index (χ3v) is 5.54. The second kappa shape index (κ2) is 10.2. The highest BCUT2D eigenvalue weighted by Gasteiger charge is 2.31. The fourth-order valence-corrected chi connectivity index (χ4v) is 4.17. The molecule has 188 valence electrons. The van der Waals surface area contributed by atoms with Gasteiger partial charge in [0.25, 0.3) is 0 Å².